The molecule has 0 spiro atoms. The topological polar surface area (TPSA) is 117 Å². The molecule has 1 amide bonds. The summed E-state index contributed by atoms with van der Waals surface area (Å²) in [6.45, 7) is 9.00. The van der Waals surface area contributed by atoms with E-state index < -0.39 is 5.54 Å². The molecule has 190 valence electrons. The van der Waals surface area contributed by atoms with Crippen LogP contribution in [0.3, 0.4) is 0 Å². The Morgan fingerprint density at radius 3 is 2.76 bits per heavy atom. The number of hydrogen-bond donors (Lipinski definition) is 2. The summed E-state index contributed by atoms with van der Waals surface area (Å²) in [5.41, 5.74) is 5.27. The number of benzene rings is 2. The number of hydrogen-bond acceptors (Lipinski definition) is 8. The number of aromatic amines is 1. The third-order valence-corrected chi connectivity index (χ3v) is 7.30. The van der Waals surface area contributed by atoms with Gasteiger partial charge in [0.25, 0.3) is 5.91 Å². The maximum absolute atomic E-state index is 13.6. The first-order valence-corrected chi connectivity index (χ1v) is 12.3. The van der Waals surface area contributed by atoms with Crippen LogP contribution in [0.4, 0.5) is 17.3 Å². The molecular weight excluding hydrogens is 470 g/mol. The number of amides is 1. The number of fused-ring (bicyclic) bond motifs is 2. The normalized spacial score (nSPS) is 17.3. The number of tetrazole rings is 1. The SMILES string of the molecule is CC1=C(C(=O)Nc2ccc3[nH]nc(-c4cccc(N5CCOCC5)c4)c3c2)C(C)(C)n2nnnc2N1C. The fraction of sp³-hybridized carbons (Fsp3) is 0.346. The van der Waals surface area contributed by atoms with Gasteiger partial charge in [-0.1, -0.05) is 17.2 Å². The smallest absolute Gasteiger partial charge is 0.255 e. The highest BCUT2D eigenvalue weighted by molar-refractivity contribution is 6.07. The quantitative estimate of drug-likeness (QED) is 0.440. The van der Waals surface area contributed by atoms with Crippen LogP contribution >= 0.6 is 0 Å². The van der Waals surface area contributed by atoms with Crippen LogP contribution < -0.4 is 15.1 Å². The van der Waals surface area contributed by atoms with Crippen LogP contribution in [0.1, 0.15) is 20.8 Å². The zero-order valence-corrected chi connectivity index (χ0v) is 21.3. The number of aromatic nitrogens is 6. The first kappa shape index (κ1) is 23.2. The van der Waals surface area contributed by atoms with E-state index in [1.165, 1.54) is 0 Å². The molecule has 11 nitrogen and oxygen atoms in total. The monoisotopic (exact) mass is 499 g/mol. The van der Waals surface area contributed by atoms with Crippen molar-refractivity contribution in [2.75, 3.05) is 48.5 Å². The van der Waals surface area contributed by atoms with E-state index in [1.807, 2.05) is 50.9 Å². The van der Waals surface area contributed by atoms with Gasteiger partial charge in [-0.15, -0.1) is 0 Å². The van der Waals surface area contributed by atoms with E-state index in [0.717, 1.165) is 59.8 Å². The van der Waals surface area contributed by atoms with Gasteiger partial charge < -0.3 is 19.9 Å². The number of morpholine rings is 1. The molecule has 2 aromatic carbocycles. The molecular formula is C26H29N9O2. The summed E-state index contributed by atoms with van der Waals surface area (Å²) in [4.78, 5) is 17.8. The third kappa shape index (κ3) is 3.82. The van der Waals surface area contributed by atoms with Crippen molar-refractivity contribution in [2.24, 2.45) is 0 Å². The molecule has 4 heterocycles. The van der Waals surface area contributed by atoms with Gasteiger partial charge in [-0.05, 0) is 61.5 Å². The molecule has 1 saturated heterocycles. The van der Waals surface area contributed by atoms with Crippen molar-refractivity contribution >= 4 is 34.1 Å². The van der Waals surface area contributed by atoms with Gasteiger partial charge in [0.15, 0.2) is 0 Å². The zero-order valence-electron chi connectivity index (χ0n) is 21.3. The van der Waals surface area contributed by atoms with Crippen molar-refractivity contribution in [1.29, 1.82) is 0 Å². The lowest BCUT2D eigenvalue weighted by atomic mass is 9.89. The summed E-state index contributed by atoms with van der Waals surface area (Å²) in [5, 5.41) is 23.8. The molecule has 6 rings (SSSR count). The Morgan fingerprint density at radius 2 is 1.95 bits per heavy atom. The van der Waals surface area contributed by atoms with Crippen LogP contribution in [0.2, 0.25) is 0 Å². The molecule has 4 aromatic rings. The highest BCUT2D eigenvalue weighted by atomic mass is 16.5. The second-order valence-electron chi connectivity index (χ2n) is 9.91. The molecule has 0 atom stereocenters. The molecule has 2 aliphatic rings. The summed E-state index contributed by atoms with van der Waals surface area (Å²) in [5.74, 6) is 0.400. The van der Waals surface area contributed by atoms with Gasteiger partial charge in [-0.3, -0.25) is 9.89 Å². The summed E-state index contributed by atoms with van der Waals surface area (Å²) in [6.07, 6.45) is 0. The van der Waals surface area contributed by atoms with Crippen molar-refractivity contribution in [3.8, 4) is 11.3 Å². The Morgan fingerprint density at radius 1 is 1.14 bits per heavy atom. The van der Waals surface area contributed by atoms with Crippen molar-refractivity contribution in [1.82, 2.24) is 30.4 Å². The van der Waals surface area contributed by atoms with Gasteiger partial charge in [-0.2, -0.15) is 5.10 Å². The van der Waals surface area contributed by atoms with Crippen molar-refractivity contribution in [2.45, 2.75) is 26.3 Å². The van der Waals surface area contributed by atoms with E-state index in [2.05, 4.69) is 60.2 Å². The molecule has 0 unspecified atom stereocenters. The van der Waals surface area contributed by atoms with Crippen molar-refractivity contribution in [3.05, 3.63) is 53.7 Å². The number of H-pyrrole nitrogens is 1. The predicted octanol–water partition coefficient (Wildman–Crippen LogP) is 3.15. The minimum absolute atomic E-state index is 0.200. The average molecular weight is 500 g/mol. The molecule has 0 aliphatic carbocycles. The minimum atomic E-state index is -0.718. The summed E-state index contributed by atoms with van der Waals surface area (Å²) < 4.78 is 7.17. The van der Waals surface area contributed by atoms with Crippen LogP contribution in [0.5, 0.6) is 0 Å². The average Bonchev–Trinajstić information content (AvgIpc) is 3.56. The fourth-order valence-electron chi connectivity index (χ4n) is 5.24. The third-order valence-electron chi connectivity index (χ3n) is 7.30. The maximum atomic E-state index is 13.6. The molecule has 2 aliphatic heterocycles. The van der Waals surface area contributed by atoms with E-state index in [9.17, 15) is 4.79 Å². The first-order chi connectivity index (χ1) is 17.8. The van der Waals surface area contributed by atoms with E-state index >= 15 is 0 Å². The lowest BCUT2D eigenvalue weighted by molar-refractivity contribution is -0.113. The molecule has 0 saturated carbocycles. The number of carbonyl (C=O) groups excluding carboxylic acids is 1. The second kappa shape index (κ2) is 8.70. The van der Waals surface area contributed by atoms with Gasteiger partial charge in [0.05, 0.1) is 29.8 Å². The lowest BCUT2D eigenvalue weighted by Gasteiger charge is -2.37. The Hall–Kier alpha value is -4.25. The number of nitrogens with one attached hydrogen (secondary N) is 2. The second-order valence-corrected chi connectivity index (χ2v) is 9.91. The maximum Gasteiger partial charge on any atom is 0.255 e. The molecule has 1 fully saturated rings. The van der Waals surface area contributed by atoms with Gasteiger partial charge in [0.1, 0.15) is 5.69 Å². The van der Waals surface area contributed by atoms with Gasteiger partial charge in [0, 0.05) is 48.2 Å². The lowest BCUT2D eigenvalue weighted by Crippen LogP contribution is -2.44. The number of ether oxygens (including phenoxy) is 1. The first-order valence-electron chi connectivity index (χ1n) is 12.3. The van der Waals surface area contributed by atoms with Crippen LogP contribution in [0.15, 0.2) is 53.7 Å². The van der Waals surface area contributed by atoms with Crippen LogP contribution in [-0.2, 0) is 15.1 Å². The fourth-order valence-corrected chi connectivity index (χ4v) is 5.24. The van der Waals surface area contributed by atoms with E-state index in [4.69, 9.17) is 4.74 Å². The summed E-state index contributed by atoms with van der Waals surface area (Å²) in [7, 11) is 1.86. The largest absolute Gasteiger partial charge is 0.378 e. The van der Waals surface area contributed by atoms with Crippen molar-refractivity contribution in [3.63, 3.8) is 0 Å². The zero-order chi connectivity index (χ0) is 25.7. The number of carbonyl (C=O) groups is 1. The number of allylic oxidation sites excluding steroid dienone is 1. The molecule has 2 aromatic heterocycles. The molecule has 0 radical (unpaired) electrons. The number of nitrogens with zero attached hydrogens (tertiary/aromatic N) is 7. The molecule has 11 heteroatoms. The Kier molecular flexibility index (Phi) is 5.45. The predicted molar refractivity (Wildman–Crippen MR) is 141 cm³/mol. The van der Waals surface area contributed by atoms with E-state index in [-0.39, 0.29) is 5.91 Å². The highest BCUT2D eigenvalue weighted by Crippen LogP contribution is 2.37. The Labute approximate surface area is 214 Å². The minimum Gasteiger partial charge on any atom is -0.378 e. The molecule has 2 N–H and O–H groups in total. The van der Waals surface area contributed by atoms with E-state index in [0.29, 0.717) is 17.2 Å². The number of rotatable bonds is 4. The van der Waals surface area contributed by atoms with Gasteiger partial charge in [-0.25, -0.2) is 4.68 Å². The standard InChI is InChI=1S/C26H29N9O2/c1-16-22(26(2,3)35-25(33(16)4)30-31-32-35)24(36)27-18-8-9-21-20(15-18)23(29-28-21)17-6-5-7-19(14-17)34-10-12-37-13-11-34/h5-9,14-15H,10-13H2,1-4H3,(H,27,36)(H,28,29). The van der Waals surface area contributed by atoms with Crippen LogP contribution in [0, 0.1) is 0 Å². The summed E-state index contributed by atoms with van der Waals surface area (Å²) in [6, 6.07) is 14.2. The Balaban J connectivity index is 1.32. The van der Waals surface area contributed by atoms with Gasteiger partial charge >= 0.3 is 0 Å². The van der Waals surface area contributed by atoms with E-state index in [1.54, 1.807) is 4.68 Å². The summed E-state index contributed by atoms with van der Waals surface area (Å²) >= 11 is 0. The molecule has 37 heavy (non-hydrogen) atoms. The van der Waals surface area contributed by atoms with Crippen LogP contribution in [-0.4, -0.2) is 69.7 Å². The molecule has 0 bridgehead atoms. The Bertz CT molecular complexity index is 1530. The van der Waals surface area contributed by atoms with Crippen LogP contribution in [0.25, 0.3) is 22.2 Å². The van der Waals surface area contributed by atoms with Gasteiger partial charge in [0.2, 0.25) is 5.95 Å². The van der Waals surface area contributed by atoms with Crippen molar-refractivity contribution < 1.29 is 9.53 Å². The number of anilines is 3. The highest BCUT2D eigenvalue weighted by Gasteiger charge is 2.41.